The molecule has 1 atom stereocenters. The third-order valence-corrected chi connectivity index (χ3v) is 3.96. The molecule has 1 saturated heterocycles. The summed E-state index contributed by atoms with van der Waals surface area (Å²) in [5, 5.41) is 9.45. The van der Waals surface area contributed by atoms with Crippen LogP contribution in [0.2, 0.25) is 0 Å². The van der Waals surface area contributed by atoms with Crippen LogP contribution in [0, 0.1) is 30.6 Å². The molecule has 22 heavy (non-hydrogen) atoms. The van der Waals surface area contributed by atoms with Crippen molar-refractivity contribution in [3.8, 4) is 6.07 Å². The van der Waals surface area contributed by atoms with E-state index in [4.69, 9.17) is 15.5 Å². The zero-order chi connectivity index (χ0) is 16.3. The summed E-state index contributed by atoms with van der Waals surface area (Å²) in [4.78, 5) is 4.73. The molecular weight excluding hydrogens is 276 g/mol. The second kappa shape index (κ2) is 6.37. The highest BCUT2D eigenvalue weighted by Gasteiger charge is 2.26. The molecule has 0 saturated carbocycles. The normalized spacial score (nSPS) is 20.2. The van der Waals surface area contributed by atoms with E-state index in [1.165, 1.54) is 0 Å². The van der Waals surface area contributed by atoms with Crippen LogP contribution in [0.1, 0.15) is 31.7 Å². The summed E-state index contributed by atoms with van der Waals surface area (Å²) in [7, 11) is 0. The van der Waals surface area contributed by atoms with Gasteiger partial charge in [-0.3, -0.25) is 4.99 Å². The average Bonchev–Trinajstić information content (AvgIpc) is 3.08. The Morgan fingerprint density at radius 2 is 2.09 bits per heavy atom. The second-order valence-electron chi connectivity index (χ2n) is 6.29. The summed E-state index contributed by atoms with van der Waals surface area (Å²) in [5.74, 6) is 0.584. The largest absolute Gasteiger partial charge is 0.385 e. The van der Waals surface area contributed by atoms with Crippen LogP contribution in [0.5, 0.6) is 0 Å². The van der Waals surface area contributed by atoms with Crippen LogP contribution >= 0.6 is 0 Å². The predicted octanol–water partition coefficient (Wildman–Crippen LogP) is 2.64. The number of rotatable bonds is 4. The van der Waals surface area contributed by atoms with Crippen LogP contribution in [0.25, 0.3) is 5.82 Å². The van der Waals surface area contributed by atoms with Gasteiger partial charge in [-0.25, -0.2) is 0 Å². The van der Waals surface area contributed by atoms with Gasteiger partial charge in [0.1, 0.15) is 5.82 Å². The number of hydrogen-bond acceptors (Lipinski definition) is 4. The topological polar surface area (TPSA) is 76.3 Å². The van der Waals surface area contributed by atoms with E-state index in [0.717, 1.165) is 24.4 Å². The Bertz CT molecular complexity index is 621. The summed E-state index contributed by atoms with van der Waals surface area (Å²) in [6.07, 6.45) is 2.71. The molecule has 5 nitrogen and oxygen atoms in total. The van der Waals surface area contributed by atoms with E-state index in [1.807, 2.05) is 50.5 Å². The van der Waals surface area contributed by atoms with Crippen molar-refractivity contribution in [2.24, 2.45) is 16.1 Å². The molecule has 1 fully saturated rings. The lowest BCUT2D eigenvalue weighted by Crippen LogP contribution is -2.25. The van der Waals surface area contributed by atoms with E-state index in [2.05, 4.69) is 6.07 Å². The van der Waals surface area contributed by atoms with Gasteiger partial charge >= 0.3 is 0 Å². The Morgan fingerprint density at radius 3 is 2.59 bits per heavy atom. The quantitative estimate of drug-likeness (QED) is 0.868. The van der Waals surface area contributed by atoms with Gasteiger partial charge in [0.05, 0.1) is 29.8 Å². The first-order valence-corrected chi connectivity index (χ1v) is 7.55. The number of aromatic nitrogens is 1. The fourth-order valence-corrected chi connectivity index (χ4v) is 2.54. The van der Waals surface area contributed by atoms with Crippen molar-refractivity contribution in [1.29, 1.82) is 5.26 Å². The number of nitrogens with zero attached hydrogens (tertiary/aromatic N) is 3. The van der Waals surface area contributed by atoms with Crippen LogP contribution in [0.4, 0.5) is 0 Å². The van der Waals surface area contributed by atoms with Gasteiger partial charge in [-0.1, -0.05) is 0 Å². The molecule has 1 unspecified atom stereocenters. The standard InChI is InChI=1S/C17H24N4O/c1-12-5-6-13(2)21(12)16(19)9-15(17(3,4)11-18)20-14-7-8-22-10-14/h5-6,9,14H,7-8,10,19H2,1-4H3. The first kappa shape index (κ1) is 16.3. The van der Waals surface area contributed by atoms with Gasteiger partial charge < -0.3 is 15.0 Å². The number of hydrogen-bond donors (Lipinski definition) is 1. The number of nitrogens with two attached hydrogens (primary N) is 1. The maximum Gasteiger partial charge on any atom is 0.109 e. The molecule has 2 rings (SSSR count). The van der Waals surface area contributed by atoms with E-state index in [0.29, 0.717) is 18.1 Å². The third kappa shape index (κ3) is 3.40. The highest BCUT2D eigenvalue weighted by Crippen LogP contribution is 2.22. The SMILES string of the molecule is Cc1ccc(C)n1C(N)=CC(=NC1CCOC1)C(C)(C)C#N. The summed E-state index contributed by atoms with van der Waals surface area (Å²) >= 11 is 0. The smallest absolute Gasteiger partial charge is 0.109 e. The molecule has 1 aliphatic heterocycles. The molecule has 0 bridgehead atoms. The number of allylic oxidation sites excluding steroid dienone is 1. The maximum absolute atomic E-state index is 9.45. The van der Waals surface area contributed by atoms with Crippen molar-refractivity contribution in [3.05, 3.63) is 29.6 Å². The summed E-state index contributed by atoms with van der Waals surface area (Å²) in [5.41, 5.74) is 8.40. The van der Waals surface area contributed by atoms with E-state index in [-0.39, 0.29) is 6.04 Å². The van der Waals surface area contributed by atoms with E-state index >= 15 is 0 Å². The van der Waals surface area contributed by atoms with Crippen LogP contribution in [0.3, 0.4) is 0 Å². The lowest BCUT2D eigenvalue weighted by Gasteiger charge is -2.19. The van der Waals surface area contributed by atoms with Crippen molar-refractivity contribution >= 4 is 11.5 Å². The number of nitriles is 1. The predicted molar refractivity (Wildman–Crippen MR) is 88.4 cm³/mol. The molecule has 0 spiro atoms. The Kier molecular flexibility index (Phi) is 4.72. The minimum Gasteiger partial charge on any atom is -0.385 e. The second-order valence-corrected chi connectivity index (χ2v) is 6.29. The van der Waals surface area contributed by atoms with Crippen LogP contribution in [-0.2, 0) is 4.74 Å². The monoisotopic (exact) mass is 300 g/mol. The average molecular weight is 300 g/mol. The molecule has 0 aromatic carbocycles. The molecule has 1 aromatic rings. The molecular formula is C17H24N4O. The molecule has 0 amide bonds. The number of ether oxygens (including phenoxy) is 1. The lowest BCUT2D eigenvalue weighted by molar-refractivity contribution is 0.194. The Labute approximate surface area is 132 Å². The zero-order valence-corrected chi connectivity index (χ0v) is 13.8. The number of aryl methyl sites for hydroxylation is 2. The van der Waals surface area contributed by atoms with Gasteiger partial charge in [-0.05, 0) is 46.2 Å². The van der Waals surface area contributed by atoms with Gasteiger partial charge in [-0.15, -0.1) is 0 Å². The van der Waals surface area contributed by atoms with Gasteiger partial charge in [0.2, 0.25) is 0 Å². The van der Waals surface area contributed by atoms with Gasteiger partial charge in [0.25, 0.3) is 0 Å². The van der Waals surface area contributed by atoms with Crippen LogP contribution in [-0.4, -0.2) is 29.5 Å². The molecule has 1 aromatic heterocycles. The highest BCUT2D eigenvalue weighted by molar-refractivity contribution is 6.04. The van der Waals surface area contributed by atoms with Crippen LogP contribution < -0.4 is 5.73 Å². The minimum absolute atomic E-state index is 0.110. The Morgan fingerprint density at radius 1 is 1.45 bits per heavy atom. The van der Waals surface area contributed by atoms with Gasteiger partial charge in [0.15, 0.2) is 0 Å². The molecule has 2 heterocycles. The molecule has 118 valence electrons. The summed E-state index contributed by atoms with van der Waals surface area (Å²) < 4.78 is 7.34. The first-order valence-electron chi connectivity index (χ1n) is 7.55. The van der Waals surface area contributed by atoms with Crippen molar-refractivity contribution in [3.63, 3.8) is 0 Å². The van der Waals surface area contributed by atoms with E-state index < -0.39 is 5.41 Å². The molecule has 0 radical (unpaired) electrons. The summed E-state index contributed by atoms with van der Waals surface area (Å²) in [6, 6.07) is 6.47. The maximum atomic E-state index is 9.45. The van der Waals surface area contributed by atoms with Crippen molar-refractivity contribution in [1.82, 2.24) is 4.57 Å². The minimum atomic E-state index is -0.692. The molecule has 1 aliphatic rings. The Hall–Kier alpha value is -2.06. The molecule has 5 heteroatoms. The van der Waals surface area contributed by atoms with E-state index in [9.17, 15) is 5.26 Å². The molecule has 0 aliphatic carbocycles. The third-order valence-electron chi connectivity index (χ3n) is 3.96. The fourth-order valence-electron chi connectivity index (χ4n) is 2.54. The molecule has 2 N–H and O–H groups in total. The summed E-state index contributed by atoms with van der Waals surface area (Å²) in [6.45, 7) is 9.07. The zero-order valence-electron chi connectivity index (χ0n) is 13.8. The highest BCUT2D eigenvalue weighted by atomic mass is 16.5. The van der Waals surface area contributed by atoms with Crippen molar-refractivity contribution in [2.75, 3.05) is 13.2 Å². The van der Waals surface area contributed by atoms with Gasteiger partial charge in [0, 0.05) is 24.1 Å². The first-order chi connectivity index (χ1) is 10.3. The van der Waals surface area contributed by atoms with Crippen LogP contribution in [0.15, 0.2) is 23.2 Å². The lowest BCUT2D eigenvalue weighted by atomic mass is 9.88. The van der Waals surface area contributed by atoms with Gasteiger partial charge in [-0.2, -0.15) is 5.26 Å². The Balaban J connectivity index is 2.42. The van der Waals surface area contributed by atoms with Crippen molar-refractivity contribution in [2.45, 2.75) is 40.2 Å². The van der Waals surface area contributed by atoms with E-state index in [1.54, 1.807) is 0 Å². The van der Waals surface area contributed by atoms with Crippen molar-refractivity contribution < 1.29 is 4.74 Å². The number of aliphatic imine (C=N–C) groups is 1. The fraction of sp³-hybridized carbons (Fsp3) is 0.529.